The van der Waals surface area contributed by atoms with E-state index in [-0.39, 0.29) is 26.9 Å². The number of hydrogen-bond donors (Lipinski definition) is 0. The van der Waals surface area contributed by atoms with Crippen molar-refractivity contribution in [3.8, 4) is 139 Å². The van der Waals surface area contributed by atoms with Crippen molar-refractivity contribution in [1.82, 2.24) is 18.3 Å². The molecule has 16 nitrogen and oxygen atoms in total. The van der Waals surface area contributed by atoms with Gasteiger partial charge in [-0.25, -0.2) is 0 Å². The number of rotatable bonds is 0. The SMILES string of the molecule is N#Cc1cc2c3c(c1)-n1c4ccccc4c4ccc5c(c41)B3c1c(cccc1O5)O2.N#Cc1ccc2c3c1-n1c4ccccc4c4ccc5c(c41)B3c1c(cccc1O5)O2.N#Cc1ccc2c3c1Oc1cccc4c1B3c1c(ccc3c5ccccc5n-2c13)O4.N#Cc1cccc2c3ccc4c5c3n(c12)-c1cccc2c1B5c1c(cccc1O4)O2. The standard InChI is InChI=1S/4C25H11BN2O2/c27-12-13-4-1-5-14-15-10-11-20-23-25(15)28(24(13)14)16-6-2-7-17-21(16)26(23)22-18(29-17)8-3-9-19(22)30-20;27-12-13-8-10-17-21-25(13)30-19-7-3-6-18-22(19)26(21)23-20(29-18)11-9-15-14-4-1-2-5-16(14)28(17)24(15)23;27-12-13-8-10-19-22-24(13)28-16-5-2-1-4-14(16)15-9-11-20-23(25(15)28)26(22)21-17(29-19)6-3-7-18(21)30-20;27-12-13-10-17-22-21(11-13)30-19-7-3-6-18-23(19)26(22)24-20(29-18)9-8-15-14-4-1-2-5-16(14)28(17)25(15)24/h4*1-11H. The monoisotopic (exact) mass is 1530 g/mol. The zero-order valence-corrected chi connectivity index (χ0v) is 62.6. The van der Waals surface area contributed by atoms with Crippen LogP contribution in [0, 0.1) is 45.3 Å². The van der Waals surface area contributed by atoms with Crippen LogP contribution in [0.5, 0.6) is 92.0 Å². The molecule has 16 heterocycles. The molecule has 0 unspecified atom stereocenters. The highest BCUT2D eigenvalue weighted by atomic mass is 16.5. The lowest BCUT2D eigenvalue weighted by Gasteiger charge is -2.37. The molecular formula is C100H44B4N8O8. The lowest BCUT2D eigenvalue weighted by atomic mass is 9.33. The molecule has 544 valence electrons. The van der Waals surface area contributed by atoms with Gasteiger partial charge in [-0.1, -0.05) is 97.1 Å². The van der Waals surface area contributed by atoms with Gasteiger partial charge in [0.1, 0.15) is 110 Å². The minimum absolute atomic E-state index is 0.00693. The fourth-order valence-electron chi connectivity index (χ4n) is 22.4. The van der Waals surface area contributed by atoms with Gasteiger partial charge in [0.05, 0.1) is 78.1 Å². The third kappa shape index (κ3) is 7.44. The average molecular weight is 1530 g/mol. The average Bonchev–Trinajstić information content (AvgIpc) is 1.45. The molecule has 120 heavy (non-hydrogen) atoms. The van der Waals surface area contributed by atoms with E-state index in [1.165, 1.54) is 43.3 Å². The van der Waals surface area contributed by atoms with Crippen LogP contribution in [0.2, 0.25) is 0 Å². The lowest BCUT2D eigenvalue weighted by Crippen LogP contribution is -2.60. The third-order valence-corrected chi connectivity index (χ3v) is 26.7. The van der Waals surface area contributed by atoms with Crippen molar-refractivity contribution >= 4 is 180 Å². The first-order chi connectivity index (χ1) is 59.4. The molecule has 16 aromatic carbocycles. The summed E-state index contributed by atoms with van der Waals surface area (Å²) in [6.45, 7) is 0.0814. The first-order valence-electron chi connectivity index (χ1n) is 39.9. The van der Waals surface area contributed by atoms with Crippen molar-refractivity contribution in [2.24, 2.45) is 0 Å². The summed E-state index contributed by atoms with van der Waals surface area (Å²) in [5.41, 5.74) is 28.8. The minimum Gasteiger partial charge on any atom is -0.458 e. The number of ether oxygens (including phenoxy) is 8. The number of nitrogens with zero attached hydrogens (tertiary/aromatic N) is 8. The third-order valence-electron chi connectivity index (χ3n) is 26.7. The quantitative estimate of drug-likeness (QED) is 0.131. The van der Waals surface area contributed by atoms with Crippen LogP contribution in [0.3, 0.4) is 0 Å². The summed E-state index contributed by atoms with van der Waals surface area (Å²) in [7, 11) is 0. The lowest BCUT2D eigenvalue weighted by molar-refractivity contribution is 0.463. The second-order valence-electron chi connectivity index (χ2n) is 32.1. The van der Waals surface area contributed by atoms with Crippen LogP contribution in [0.1, 0.15) is 22.3 Å². The van der Waals surface area contributed by atoms with Crippen LogP contribution in [0.25, 0.3) is 110 Å². The van der Waals surface area contributed by atoms with Gasteiger partial charge in [-0.3, -0.25) is 0 Å². The number of fused-ring (bicyclic) bond motifs is 16. The van der Waals surface area contributed by atoms with Crippen molar-refractivity contribution in [1.29, 1.82) is 21.0 Å². The van der Waals surface area contributed by atoms with Crippen LogP contribution in [0.15, 0.2) is 267 Å². The fourth-order valence-corrected chi connectivity index (χ4v) is 22.4. The highest BCUT2D eigenvalue weighted by Crippen LogP contribution is 2.50. The Balaban J connectivity index is 0.0000000811. The molecule has 0 N–H and O–H groups in total. The van der Waals surface area contributed by atoms with E-state index in [1.807, 2.05) is 133 Å². The maximum absolute atomic E-state index is 10.0. The number of hydrogen-bond acceptors (Lipinski definition) is 12. The summed E-state index contributed by atoms with van der Waals surface area (Å²) in [6.07, 6.45) is 0. The second kappa shape index (κ2) is 21.8. The molecule has 20 heteroatoms. The van der Waals surface area contributed by atoms with Crippen molar-refractivity contribution in [2.75, 3.05) is 0 Å². The Hall–Kier alpha value is -16.7. The topological polar surface area (TPSA) is 189 Å². The van der Waals surface area contributed by atoms with Crippen molar-refractivity contribution < 1.29 is 37.9 Å². The predicted octanol–water partition coefficient (Wildman–Crippen LogP) is 14.8. The molecular weight excluding hydrogens is 1480 g/mol. The maximum Gasteiger partial charge on any atom is 0.266 e. The van der Waals surface area contributed by atoms with Gasteiger partial charge in [-0.15, -0.1) is 0 Å². The number of para-hydroxylation sites is 4. The normalized spacial score (nSPS) is 13.8. The molecule has 0 amide bonds. The predicted molar refractivity (Wildman–Crippen MR) is 467 cm³/mol. The summed E-state index contributed by atoms with van der Waals surface area (Å²) in [4.78, 5) is 0. The first-order valence-corrected chi connectivity index (χ1v) is 39.9. The van der Waals surface area contributed by atoms with E-state index in [2.05, 4.69) is 176 Å². The molecule has 20 aromatic rings. The van der Waals surface area contributed by atoms with Crippen LogP contribution in [-0.2, 0) is 0 Å². The molecule has 4 aromatic heterocycles. The Morgan fingerprint density at radius 1 is 0.208 bits per heavy atom. The fraction of sp³-hybridized carbons (Fsp3) is 0. The number of aromatic nitrogens is 4. The van der Waals surface area contributed by atoms with E-state index >= 15 is 0 Å². The molecule has 32 rings (SSSR count). The van der Waals surface area contributed by atoms with Crippen LogP contribution in [0.4, 0.5) is 0 Å². The highest BCUT2D eigenvalue weighted by Gasteiger charge is 2.52. The Kier molecular flexibility index (Phi) is 11.4. The molecule has 0 saturated carbocycles. The second-order valence-corrected chi connectivity index (χ2v) is 32.1. The maximum atomic E-state index is 10.0. The molecule has 0 radical (unpaired) electrons. The molecule has 12 aliphatic rings. The number of nitriles is 4. The first kappa shape index (κ1) is 62.7. The van der Waals surface area contributed by atoms with Gasteiger partial charge < -0.3 is 56.2 Å². The van der Waals surface area contributed by atoms with E-state index in [9.17, 15) is 21.0 Å². The van der Waals surface area contributed by atoms with E-state index in [1.54, 1.807) is 0 Å². The molecule has 0 atom stereocenters. The van der Waals surface area contributed by atoms with E-state index in [0.717, 1.165) is 218 Å². The summed E-state index contributed by atoms with van der Waals surface area (Å²) >= 11 is 0. The van der Waals surface area contributed by atoms with Crippen LogP contribution >= 0.6 is 0 Å². The zero-order valence-electron chi connectivity index (χ0n) is 62.6. The van der Waals surface area contributed by atoms with Gasteiger partial charge >= 0.3 is 0 Å². The Morgan fingerprint density at radius 3 is 1.05 bits per heavy atom. The molecule has 0 spiro atoms. The minimum atomic E-state index is -0.00693. The summed E-state index contributed by atoms with van der Waals surface area (Å²) in [5, 5.41) is 48.8. The molecule has 0 bridgehead atoms. The van der Waals surface area contributed by atoms with Gasteiger partial charge in [0.15, 0.2) is 0 Å². The molecule has 0 aliphatic carbocycles. The molecule has 0 saturated heterocycles. The van der Waals surface area contributed by atoms with Gasteiger partial charge in [0.2, 0.25) is 0 Å². The van der Waals surface area contributed by atoms with Gasteiger partial charge in [-0.2, -0.15) is 21.0 Å². The van der Waals surface area contributed by atoms with E-state index < -0.39 is 0 Å². The van der Waals surface area contributed by atoms with Gasteiger partial charge in [-0.05, 0) is 214 Å². The van der Waals surface area contributed by atoms with Gasteiger partial charge in [0, 0.05) is 82.0 Å². The Bertz CT molecular complexity index is 8660. The molecule has 12 aliphatic heterocycles. The van der Waals surface area contributed by atoms with Crippen LogP contribution < -0.4 is 103 Å². The summed E-state index contributed by atoms with van der Waals surface area (Å²) in [6, 6.07) is 99.2. The molecule has 0 fully saturated rings. The van der Waals surface area contributed by atoms with E-state index in [0.29, 0.717) is 28.0 Å². The van der Waals surface area contributed by atoms with Crippen molar-refractivity contribution in [3.63, 3.8) is 0 Å². The Morgan fingerprint density at radius 2 is 0.550 bits per heavy atom. The summed E-state index contributed by atoms with van der Waals surface area (Å²) in [5.74, 6) is 13.2. The van der Waals surface area contributed by atoms with Crippen LogP contribution in [-0.4, -0.2) is 45.1 Å². The largest absolute Gasteiger partial charge is 0.458 e. The zero-order chi connectivity index (χ0) is 78.2. The highest BCUT2D eigenvalue weighted by molar-refractivity contribution is 7.03. The van der Waals surface area contributed by atoms with Crippen molar-refractivity contribution in [3.05, 3.63) is 289 Å². The van der Waals surface area contributed by atoms with Gasteiger partial charge in [0.25, 0.3) is 26.9 Å². The van der Waals surface area contributed by atoms with E-state index in [4.69, 9.17) is 37.9 Å². The Labute approximate surface area is 680 Å². The smallest absolute Gasteiger partial charge is 0.266 e. The van der Waals surface area contributed by atoms with Crippen molar-refractivity contribution in [2.45, 2.75) is 0 Å². The summed E-state index contributed by atoms with van der Waals surface area (Å²) < 4.78 is 59.9. The number of benzene rings is 16.